The smallest absolute Gasteiger partial charge is 0.107 e. The SMILES string of the molecule is CNCc1nc(CN(C)C(C)c2ccccc2Cl)cs1. The molecule has 0 saturated heterocycles. The first-order valence-electron chi connectivity index (χ1n) is 6.64. The predicted octanol–water partition coefficient (Wildman–Crippen LogP) is 3.71. The van der Waals surface area contributed by atoms with E-state index >= 15 is 0 Å². The van der Waals surface area contributed by atoms with Crippen molar-refractivity contribution >= 4 is 22.9 Å². The second kappa shape index (κ2) is 7.18. The van der Waals surface area contributed by atoms with E-state index in [4.69, 9.17) is 11.6 Å². The molecular weight excluding hydrogens is 290 g/mol. The summed E-state index contributed by atoms with van der Waals surface area (Å²) in [7, 11) is 4.04. The lowest BCUT2D eigenvalue weighted by atomic mass is 10.1. The molecule has 0 aliphatic carbocycles. The fourth-order valence-corrected chi connectivity index (χ4v) is 3.19. The molecule has 0 bridgehead atoms. The first-order chi connectivity index (χ1) is 9.61. The minimum absolute atomic E-state index is 0.262. The van der Waals surface area contributed by atoms with Crippen molar-refractivity contribution in [1.82, 2.24) is 15.2 Å². The Morgan fingerprint density at radius 2 is 2.15 bits per heavy atom. The highest BCUT2D eigenvalue weighted by molar-refractivity contribution is 7.09. The topological polar surface area (TPSA) is 28.2 Å². The summed E-state index contributed by atoms with van der Waals surface area (Å²) < 4.78 is 0. The Morgan fingerprint density at radius 1 is 1.40 bits per heavy atom. The molecule has 108 valence electrons. The highest BCUT2D eigenvalue weighted by Gasteiger charge is 2.15. The minimum atomic E-state index is 0.262. The van der Waals surface area contributed by atoms with Crippen molar-refractivity contribution in [3.63, 3.8) is 0 Å². The molecule has 1 unspecified atom stereocenters. The molecule has 0 aliphatic heterocycles. The van der Waals surface area contributed by atoms with Gasteiger partial charge in [-0.15, -0.1) is 11.3 Å². The van der Waals surface area contributed by atoms with Gasteiger partial charge in [0, 0.05) is 29.5 Å². The van der Waals surface area contributed by atoms with Gasteiger partial charge in [0.2, 0.25) is 0 Å². The predicted molar refractivity (Wildman–Crippen MR) is 86.2 cm³/mol. The molecule has 0 radical (unpaired) electrons. The zero-order valence-corrected chi connectivity index (χ0v) is 13.6. The molecule has 0 amide bonds. The first-order valence-corrected chi connectivity index (χ1v) is 7.90. The Morgan fingerprint density at radius 3 is 2.85 bits per heavy atom. The van der Waals surface area contributed by atoms with E-state index in [1.165, 1.54) is 0 Å². The lowest BCUT2D eigenvalue weighted by Crippen LogP contribution is -2.22. The fourth-order valence-electron chi connectivity index (χ4n) is 2.10. The first kappa shape index (κ1) is 15.4. The molecule has 0 fully saturated rings. The molecule has 0 aliphatic rings. The van der Waals surface area contributed by atoms with E-state index in [0.717, 1.165) is 34.4 Å². The van der Waals surface area contributed by atoms with Gasteiger partial charge in [0.25, 0.3) is 0 Å². The molecule has 1 atom stereocenters. The highest BCUT2D eigenvalue weighted by atomic mass is 35.5. The van der Waals surface area contributed by atoms with Crippen LogP contribution in [0.25, 0.3) is 0 Å². The number of halogens is 1. The van der Waals surface area contributed by atoms with E-state index in [2.05, 4.69) is 40.6 Å². The van der Waals surface area contributed by atoms with Gasteiger partial charge in [0.1, 0.15) is 5.01 Å². The lowest BCUT2D eigenvalue weighted by Gasteiger charge is -2.25. The lowest BCUT2D eigenvalue weighted by molar-refractivity contribution is 0.250. The third-order valence-corrected chi connectivity index (χ3v) is 4.60. The van der Waals surface area contributed by atoms with Gasteiger partial charge in [-0.25, -0.2) is 4.98 Å². The Hall–Kier alpha value is -0.940. The average Bonchev–Trinajstić information content (AvgIpc) is 2.86. The van der Waals surface area contributed by atoms with Crippen LogP contribution >= 0.6 is 22.9 Å². The van der Waals surface area contributed by atoms with Gasteiger partial charge in [-0.3, -0.25) is 4.90 Å². The molecule has 20 heavy (non-hydrogen) atoms. The van der Waals surface area contributed by atoms with Crippen LogP contribution in [0.15, 0.2) is 29.6 Å². The third kappa shape index (κ3) is 3.79. The molecule has 2 rings (SSSR count). The summed E-state index contributed by atoms with van der Waals surface area (Å²) in [6.45, 7) is 3.82. The van der Waals surface area contributed by atoms with E-state index in [1.54, 1.807) is 11.3 Å². The number of rotatable bonds is 6. The number of nitrogens with one attached hydrogen (secondary N) is 1. The molecule has 1 heterocycles. The van der Waals surface area contributed by atoms with Crippen LogP contribution in [-0.2, 0) is 13.1 Å². The maximum Gasteiger partial charge on any atom is 0.107 e. The van der Waals surface area contributed by atoms with E-state index in [0.29, 0.717) is 0 Å². The molecule has 2 aromatic rings. The number of benzene rings is 1. The largest absolute Gasteiger partial charge is 0.314 e. The van der Waals surface area contributed by atoms with Crippen molar-refractivity contribution in [3.8, 4) is 0 Å². The summed E-state index contributed by atoms with van der Waals surface area (Å²) in [6, 6.07) is 8.27. The van der Waals surface area contributed by atoms with Crippen LogP contribution in [0.2, 0.25) is 5.02 Å². The van der Waals surface area contributed by atoms with Crippen LogP contribution in [0.1, 0.15) is 29.2 Å². The Bertz CT molecular complexity index is 556. The highest BCUT2D eigenvalue weighted by Crippen LogP contribution is 2.27. The van der Waals surface area contributed by atoms with Crippen molar-refractivity contribution in [2.24, 2.45) is 0 Å². The zero-order valence-electron chi connectivity index (χ0n) is 12.1. The maximum absolute atomic E-state index is 6.26. The molecule has 1 aromatic carbocycles. The van der Waals surface area contributed by atoms with E-state index < -0.39 is 0 Å². The monoisotopic (exact) mass is 309 g/mol. The van der Waals surface area contributed by atoms with Crippen LogP contribution in [0, 0.1) is 0 Å². The van der Waals surface area contributed by atoms with Gasteiger partial charge < -0.3 is 5.32 Å². The van der Waals surface area contributed by atoms with Crippen molar-refractivity contribution in [2.45, 2.75) is 26.1 Å². The van der Waals surface area contributed by atoms with Gasteiger partial charge in [0.15, 0.2) is 0 Å². The van der Waals surface area contributed by atoms with E-state index in [1.807, 2.05) is 25.2 Å². The number of hydrogen-bond acceptors (Lipinski definition) is 4. The number of thiazole rings is 1. The molecule has 1 aromatic heterocycles. The fraction of sp³-hybridized carbons (Fsp3) is 0.400. The van der Waals surface area contributed by atoms with Gasteiger partial charge >= 0.3 is 0 Å². The Balaban J connectivity index is 2.03. The summed E-state index contributed by atoms with van der Waals surface area (Å²) in [4.78, 5) is 6.88. The second-order valence-electron chi connectivity index (χ2n) is 4.88. The number of hydrogen-bond donors (Lipinski definition) is 1. The van der Waals surface area contributed by atoms with E-state index in [9.17, 15) is 0 Å². The maximum atomic E-state index is 6.26. The molecule has 3 nitrogen and oxygen atoms in total. The van der Waals surface area contributed by atoms with Crippen molar-refractivity contribution in [2.75, 3.05) is 14.1 Å². The second-order valence-corrected chi connectivity index (χ2v) is 6.23. The minimum Gasteiger partial charge on any atom is -0.314 e. The summed E-state index contributed by atoms with van der Waals surface area (Å²) in [5, 5.41) is 7.20. The van der Waals surface area contributed by atoms with Gasteiger partial charge in [0.05, 0.1) is 5.69 Å². The third-order valence-electron chi connectivity index (χ3n) is 3.36. The zero-order chi connectivity index (χ0) is 14.5. The molecule has 0 saturated carbocycles. The van der Waals surface area contributed by atoms with Crippen LogP contribution < -0.4 is 5.32 Å². The van der Waals surface area contributed by atoms with Gasteiger partial charge in [-0.1, -0.05) is 29.8 Å². The quantitative estimate of drug-likeness (QED) is 0.881. The molecule has 0 spiro atoms. The van der Waals surface area contributed by atoms with Crippen LogP contribution in [0.3, 0.4) is 0 Å². The summed E-state index contributed by atoms with van der Waals surface area (Å²) in [6.07, 6.45) is 0. The molecular formula is C15H20ClN3S. The average molecular weight is 310 g/mol. The number of aromatic nitrogens is 1. The molecule has 5 heteroatoms. The van der Waals surface area contributed by atoms with E-state index in [-0.39, 0.29) is 6.04 Å². The standard InChI is InChI=1S/C15H20ClN3S/c1-11(13-6-4-5-7-14(13)16)19(3)9-12-10-20-15(18-12)8-17-2/h4-7,10-11,17H,8-9H2,1-3H3. The van der Waals surface area contributed by atoms with Gasteiger partial charge in [-0.05, 0) is 32.6 Å². The summed E-state index contributed by atoms with van der Waals surface area (Å²) in [5.74, 6) is 0. The van der Waals surface area contributed by atoms with Crippen molar-refractivity contribution in [3.05, 3.63) is 50.9 Å². The summed E-state index contributed by atoms with van der Waals surface area (Å²) in [5.41, 5.74) is 2.27. The molecule has 1 N–H and O–H groups in total. The number of nitrogens with zero attached hydrogens (tertiary/aromatic N) is 2. The Kier molecular flexibility index (Phi) is 5.54. The summed E-state index contributed by atoms with van der Waals surface area (Å²) >= 11 is 7.96. The van der Waals surface area contributed by atoms with Gasteiger partial charge in [-0.2, -0.15) is 0 Å². The normalized spacial score (nSPS) is 12.8. The van der Waals surface area contributed by atoms with Crippen LogP contribution in [0.4, 0.5) is 0 Å². The van der Waals surface area contributed by atoms with Crippen molar-refractivity contribution in [1.29, 1.82) is 0 Å². The van der Waals surface area contributed by atoms with Crippen LogP contribution in [-0.4, -0.2) is 24.0 Å². The Labute approximate surface area is 129 Å². The van der Waals surface area contributed by atoms with Crippen molar-refractivity contribution < 1.29 is 0 Å². The van der Waals surface area contributed by atoms with Crippen LogP contribution in [0.5, 0.6) is 0 Å².